The van der Waals surface area contributed by atoms with Gasteiger partial charge in [0.1, 0.15) is 11.4 Å². The molecule has 0 saturated carbocycles. The molecule has 0 aliphatic heterocycles. The number of azo groups is 1. The minimum absolute atomic E-state index is 0. The van der Waals surface area contributed by atoms with Crippen molar-refractivity contribution in [3.8, 4) is 11.4 Å². The van der Waals surface area contributed by atoms with Gasteiger partial charge in [-0.15, -0.1) is 10.2 Å². The normalized spacial score (nSPS) is 12.5. The van der Waals surface area contributed by atoms with E-state index >= 15 is 0 Å². The van der Waals surface area contributed by atoms with Gasteiger partial charge in [0.25, 0.3) is 15.7 Å². The van der Waals surface area contributed by atoms with Gasteiger partial charge < -0.3 is 5.11 Å². The van der Waals surface area contributed by atoms with Crippen LogP contribution < -0.4 is 5.56 Å². The van der Waals surface area contributed by atoms with Crippen LogP contribution in [0.4, 0.5) is 11.4 Å². The molecule has 0 spiro atoms. The Morgan fingerprint density at radius 3 is 2.11 bits per heavy atom. The molecule has 0 amide bonds. The number of phenolic OH excluding ortho intramolecular Hbond substituents is 1. The number of aromatic amines is 1. The van der Waals surface area contributed by atoms with Gasteiger partial charge in [0, 0.05) is 17.1 Å². The Morgan fingerprint density at radius 2 is 1.54 bits per heavy atom. The first-order chi connectivity index (χ1) is 16.6. The van der Waals surface area contributed by atoms with Crippen molar-refractivity contribution in [2.75, 3.05) is 12.4 Å². The Morgan fingerprint density at radius 1 is 0.946 bits per heavy atom. The van der Waals surface area contributed by atoms with Crippen LogP contribution >= 0.6 is 0 Å². The van der Waals surface area contributed by atoms with E-state index < -0.39 is 58.9 Å². The first kappa shape index (κ1) is 30.3. The van der Waals surface area contributed by atoms with E-state index in [1.54, 1.807) is 0 Å². The van der Waals surface area contributed by atoms with Gasteiger partial charge in [-0.25, -0.2) is 17.3 Å². The second-order valence-electron chi connectivity index (χ2n) is 7.11. The summed E-state index contributed by atoms with van der Waals surface area (Å²) in [4.78, 5) is 12.1. The van der Waals surface area contributed by atoms with Gasteiger partial charge >= 0.3 is 10.4 Å². The largest absolute Gasteiger partial charge is 0.506 e. The third-order valence-corrected chi connectivity index (χ3v) is 7.59. The molecule has 0 unspecified atom stereocenters. The zero-order valence-corrected chi connectivity index (χ0v) is 21.8. The fourth-order valence-corrected chi connectivity index (χ4v) is 4.84. The van der Waals surface area contributed by atoms with Crippen molar-refractivity contribution in [3.05, 3.63) is 58.5 Å². The van der Waals surface area contributed by atoms with Gasteiger partial charge in [-0.3, -0.25) is 19.0 Å². The maximum absolute atomic E-state index is 12.8. The predicted octanol–water partition coefficient (Wildman–Crippen LogP) is 1.43. The Balaban J connectivity index is 0.00000481. The summed E-state index contributed by atoms with van der Waals surface area (Å²) in [6.07, 6.45) is 0. The molecule has 1 heterocycles. The smallest absolute Gasteiger partial charge is 0.397 e. The number of hydrogen-bond donors (Lipinski definition) is 4. The Hall–Kier alpha value is -2.90. The summed E-state index contributed by atoms with van der Waals surface area (Å²) >= 11 is 0. The minimum atomic E-state index is -4.79. The summed E-state index contributed by atoms with van der Waals surface area (Å²) in [5.74, 6) is -1.19. The molecule has 0 saturated heterocycles. The predicted molar refractivity (Wildman–Crippen MR) is 123 cm³/mol. The number of aromatic nitrogens is 2. The molecule has 0 atom stereocenters. The summed E-state index contributed by atoms with van der Waals surface area (Å²) in [6, 6.07) is 7.69. The number of phenols is 1. The zero-order chi connectivity index (χ0) is 26.9. The molecule has 19 heteroatoms. The van der Waals surface area contributed by atoms with Crippen molar-refractivity contribution in [1.82, 2.24) is 9.78 Å². The monoisotopic (exact) mass is 625 g/mol. The third-order valence-electron chi connectivity index (χ3n) is 4.58. The summed E-state index contributed by atoms with van der Waals surface area (Å²) < 4.78 is 91.0. The van der Waals surface area contributed by atoms with Crippen LogP contribution in [-0.4, -0.2) is 61.6 Å². The first-order valence-electron chi connectivity index (χ1n) is 9.57. The van der Waals surface area contributed by atoms with Gasteiger partial charge in [0.05, 0.1) is 33.5 Å². The summed E-state index contributed by atoms with van der Waals surface area (Å²) in [6.45, 7) is 0.685. The fraction of sp³-hybridized carbons (Fsp3) is 0.167. The average Bonchev–Trinajstić information content (AvgIpc) is 3.05. The summed E-state index contributed by atoms with van der Waals surface area (Å²) in [5.41, 5.74) is -0.809. The minimum Gasteiger partial charge on any atom is -0.506 e. The molecule has 3 aromatic rings. The topological polar surface area (TPSA) is 235 Å². The van der Waals surface area contributed by atoms with E-state index in [0.717, 1.165) is 22.9 Å². The molecule has 0 fully saturated rings. The number of rotatable bonds is 9. The van der Waals surface area contributed by atoms with Crippen LogP contribution in [0, 0.1) is 6.92 Å². The van der Waals surface area contributed by atoms with E-state index in [4.69, 9.17) is 9.11 Å². The van der Waals surface area contributed by atoms with E-state index in [-0.39, 0.29) is 44.7 Å². The third kappa shape index (κ3) is 7.55. The number of hydrogen-bond acceptors (Lipinski definition) is 11. The molecule has 2 aromatic carbocycles. The van der Waals surface area contributed by atoms with Crippen molar-refractivity contribution in [1.29, 1.82) is 0 Å². The fourth-order valence-electron chi connectivity index (χ4n) is 2.85. The standard InChI is InChI=1S/C18H18N4O11S3.Cu/c1-11-17(20-19-15-10-14(35(27,28)29)6-7-16(15)23)18(24)22(21-11)12-2-4-13(5-3-12)34(25,26)9-8-33-36(30,31)32;/h2-7,10,21,23H,8-9H2,1H3,(H,27,28,29)(H,30,31,32);. The number of sulfone groups is 1. The maximum atomic E-state index is 12.8. The molecule has 3 rings (SSSR count). The summed E-state index contributed by atoms with van der Waals surface area (Å²) in [7, 11) is -13.3. The van der Waals surface area contributed by atoms with Gasteiger partial charge in [0.2, 0.25) is 0 Å². The van der Waals surface area contributed by atoms with Crippen molar-refractivity contribution in [3.63, 3.8) is 0 Å². The van der Waals surface area contributed by atoms with E-state index in [2.05, 4.69) is 19.5 Å². The van der Waals surface area contributed by atoms with Crippen molar-refractivity contribution in [2.45, 2.75) is 16.7 Å². The second-order valence-corrected chi connectivity index (χ2v) is 11.7. The molecule has 205 valence electrons. The SMILES string of the molecule is Cc1[nH]n(-c2ccc(S(=O)(=O)CCOS(=O)(=O)O)cc2)c(=O)c1N=Nc1cc(S(=O)(=O)O)ccc1O.[Cu]. The molecule has 1 aromatic heterocycles. The summed E-state index contributed by atoms with van der Waals surface area (Å²) in [5, 5.41) is 20.0. The van der Waals surface area contributed by atoms with Crippen molar-refractivity contribution in [2.24, 2.45) is 10.2 Å². The molecule has 15 nitrogen and oxygen atoms in total. The Bertz CT molecular complexity index is 1710. The average molecular weight is 626 g/mol. The van der Waals surface area contributed by atoms with Gasteiger partial charge in [0.15, 0.2) is 15.5 Å². The quantitative estimate of drug-likeness (QED) is 0.151. The number of nitrogens with zero attached hydrogens (tertiary/aromatic N) is 3. The van der Waals surface area contributed by atoms with Crippen LogP contribution in [-0.2, 0) is 51.6 Å². The number of nitrogens with one attached hydrogen (secondary N) is 1. The molecule has 4 N–H and O–H groups in total. The van der Waals surface area contributed by atoms with Crippen LogP contribution in [0.1, 0.15) is 5.69 Å². The van der Waals surface area contributed by atoms with Crippen molar-refractivity contribution >= 4 is 41.7 Å². The van der Waals surface area contributed by atoms with E-state index in [1.165, 1.54) is 31.2 Å². The number of aromatic hydroxyl groups is 1. The van der Waals surface area contributed by atoms with E-state index in [0.29, 0.717) is 0 Å². The van der Waals surface area contributed by atoms with Crippen LogP contribution in [0.2, 0.25) is 0 Å². The Labute approximate surface area is 220 Å². The van der Waals surface area contributed by atoms with Gasteiger partial charge in [-0.1, -0.05) is 0 Å². The molecule has 37 heavy (non-hydrogen) atoms. The van der Waals surface area contributed by atoms with E-state index in [9.17, 15) is 35.2 Å². The number of H-pyrrole nitrogens is 1. The Kier molecular flexibility index (Phi) is 9.21. The van der Waals surface area contributed by atoms with Gasteiger partial charge in [-0.05, 0) is 49.4 Å². The van der Waals surface area contributed by atoms with Crippen LogP contribution in [0.25, 0.3) is 5.69 Å². The zero-order valence-electron chi connectivity index (χ0n) is 18.4. The molecule has 1 radical (unpaired) electrons. The number of benzene rings is 2. The van der Waals surface area contributed by atoms with Crippen LogP contribution in [0.15, 0.2) is 67.3 Å². The van der Waals surface area contributed by atoms with Crippen LogP contribution in [0.3, 0.4) is 0 Å². The number of aryl methyl sites for hydroxylation is 1. The van der Waals surface area contributed by atoms with E-state index in [1.807, 2.05) is 0 Å². The van der Waals surface area contributed by atoms with Crippen molar-refractivity contribution < 1.29 is 60.7 Å². The molecule has 0 bridgehead atoms. The molecule has 0 aliphatic rings. The molecule has 0 aliphatic carbocycles. The van der Waals surface area contributed by atoms with Gasteiger partial charge in [-0.2, -0.15) is 16.8 Å². The molecular weight excluding hydrogens is 608 g/mol. The first-order valence-corrected chi connectivity index (χ1v) is 14.0. The van der Waals surface area contributed by atoms with Crippen LogP contribution in [0.5, 0.6) is 5.75 Å². The second kappa shape index (κ2) is 11.2. The molecular formula is C18H18CuN4O11S3. The maximum Gasteiger partial charge on any atom is 0.397 e.